The minimum absolute atomic E-state index is 0.788. The van der Waals surface area contributed by atoms with E-state index in [1.54, 1.807) is 23.9 Å². The lowest BCUT2D eigenvalue weighted by molar-refractivity contribution is 0.894. The van der Waals surface area contributed by atoms with Crippen LogP contribution in [0.15, 0.2) is 42.3 Å². The van der Waals surface area contributed by atoms with E-state index in [0.29, 0.717) is 0 Å². The first-order chi connectivity index (χ1) is 8.84. The summed E-state index contributed by atoms with van der Waals surface area (Å²) in [5, 5.41) is 3.15. The maximum atomic E-state index is 4.38. The number of nitrogens with zero attached hydrogens (tertiary/aromatic N) is 4. The molecule has 0 N–H and O–H groups in total. The van der Waals surface area contributed by atoms with Crippen molar-refractivity contribution < 1.29 is 0 Å². The van der Waals surface area contributed by atoms with E-state index in [1.165, 1.54) is 5.56 Å². The van der Waals surface area contributed by atoms with Crippen LogP contribution in [-0.4, -0.2) is 22.0 Å². The van der Waals surface area contributed by atoms with E-state index in [9.17, 15) is 0 Å². The van der Waals surface area contributed by atoms with Gasteiger partial charge in [0.05, 0.1) is 5.39 Å². The van der Waals surface area contributed by atoms with Gasteiger partial charge in [0, 0.05) is 26.0 Å². The lowest BCUT2D eigenvalue weighted by atomic mass is 10.2. The van der Waals surface area contributed by atoms with Gasteiger partial charge in [-0.25, -0.2) is 9.97 Å². The summed E-state index contributed by atoms with van der Waals surface area (Å²) < 4.78 is 0. The monoisotopic (exact) mass is 256 g/mol. The maximum Gasteiger partial charge on any atom is 0.140 e. The summed E-state index contributed by atoms with van der Waals surface area (Å²) in [5.74, 6) is 0.963. The van der Waals surface area contributed by atoms with Crippen molar-refractivity contribution >= 4 is 27.4 Å². The lowest BCUT2D eigenvalue weighted by Crippen LogP contribution is -2.18. The van der Waals surface area contributed by atoms with Gasteiger partial charge in [-0.3, -0.25) is 4.98 Å². The maximum absolute atomic E-state index is 4.38. The molecule has 0 aromatic carbocycles. The number of pyridine rings is 1. The molecule has 0 aliphatic rings. The van der Waals surface area contributed by atoms with Crippen LogP contribution in [0.5, 0.6) is 0 Å². The molecular weight excluding hydrogens is 244 g/mol. The second kappa shape index (κ2) is 4.70. The van der Waals surface area contributed by atoms with Gasteiger partial charge in [-0.1, -0.05) is 6.07 Å². The Kier molecular flexibility index (Phi) is 2.90. The molecule has 0 fully saturated rings. The van der Waals surface area contributed by atoms with Crippen molar-refractivity contribution in [2.24, 2.45) is 0 Å². The molecule has 0 saturated carbocycles. The second-order valence-corrected chi connectivity index (χ2v) is 4.95. The van der Waals surface area contributed by atoms with Gasteiger partial charge in [0.25, 0.3) is 0 Å². The molecule has 18 heavy (non-hydrogen) atoms. The molecule has 0 bridgehead atoms. The summed E-state index contributed by atoms with van der Waals surface area (Å²) in [7, 11) is 2.03. The fourth-order valence-electron chi connectivity index (χ4n) is 1.92. The van der Waals surface area contributed by atoms with E-state index < -0.39 is 0 Å². The lowest BCUT2D eigenvalue weighted by Gasteiger charge is -2.18. The number of hydrogen-bond acceptors (Lipinski definition) is 5. The van der Waals surface area contributed by atoms with Crippen molar-refractivity contribution in [1.82, 2.24) is 15.0 Å². The minimum Gasteiger partial charge on any atom is -0.355 e. The van der Waals surface area contributed by atoms with Gasteiger partial charge >= 0.3 is 0 Å². The third-order valence-corrected chi connectivity index (χ3v) is 3.57. The normalized spacial score (nSPS) is 10.7. The van der Waals surface area contributed by atoms with Gasteiger partial charge in [0.1, 0.15) is 17.0 Å². The zero-order chi connectivity index (χ0) is 12.4. The number of rotatable bonds is 3. The largest absolute Gasteiger partial charge is 0.355 e. The predicted octanol–water partition coefficient (Wildman–Crippen LogP) is 2.72. The second-order valence-electron chi connectivity index (χ2n) is 4.05. The van der Waals surface area contributed by atoms with Gasteiger partial charge in [-0.15, -0.1) is 11.3 Å². The Balaban J connectivity index is 1.92. The highest BCUT2D eigenvalue weighted by Crippen LogP contribution is 2.26. The summed E-state index contributed by atoms with van der Waals surface area (Å²) >= 11 is 1.64. The van der Waals surface area contributed by atoms with Crippen LogP contribution in [0.3, 0.4) is 0 Å². The number of thiophene rings is 1. The first-order valence-electron chi connectivity index (χ1n) is 5.63. The van der Waals surface area contributed by atoms with Crippen LogP contribution in [0, 0.1) is 0 Å². The molecule has 0 unspecified atom stereocenters. The topological polar surface area (TPSA) is 41.9 Å². The number of aromatic nitrogens is 3. The van der Waals surface area contributed by atoms with Crippen LogP contribution >= 0.6 is 11.3 Å². The molecular formula is C13H12N4S. The van der Waals surface area contributed by atoms with Crippen molar-refractivity contribution in [3.8, 4) is 0 Å². The molecule has 90 valence electrons. The molecule has 3 rings (SSSR count). The van der Waals surface area contributed by atoms with Gasteiger partial charge < -0.3 is 4.90 Å². The highest BCUT2D eigenvalue weighted by molar-refractivity contribution is 7.16. The third-order valence-electron chi connectivity index (χ3n) is 2.74. The third kappa shape index (κ3) is 2.04. The van der Waals surface area contributed by atoms with Crippen LogP contribution in [0.4, 0.5) is 5.82 Å². The Labute approximate surface area is 109 Å². The van der Waals surface area contributed by atoms with E-state index in [1.807, 2.05) is 24.7 Å². The first kappa shape index (κ1) is 11.1. The van der Waals surface area contributed by atoms with Crippen LogP contribution in [0.2, 0.25) is 0 Å². The molecule has 3 heterocycles. The Morgan fingerprint density at radius 1 is 1.28 bits per heavy atom. The zero-order valence-corrected chi connectivity index (χ0v) is 10.8. The summed E-state index contributed by atoms with van der Waals surface area (Å²) in [6, 6.07) is 6.08. The molecule has 0 aliphatic carbocycles. The van der Waals surface area contributed by atoms with Crippen molar-refractivity contribution in [3.63, 3.8) is 0 Å². The van der Waals surface area contributed by atoms with Gasteiger partial charge in [0.2, 0.25) is 0 Å². The Hall–Kier alpha value is -2.01. The molecule has 4 nitrogen and oxygen atoms in total. The fourth-order valence-corrected chi connectivity index (χ4v) is 2.65. The Morgan fingerprint density at radius 3 is 3.06 bits per heavy atom. The van der Waals surface area contributed by atoms with E-state index in [0.717, 1.165) is 22.6 Å². The quantitative estimate of drug-likeness (QED) is 0.722. The molecule has 0 aliphatic heterocycles. The predicted molar refractivity (Wildman–Crippen MR) is 73.8 cm³/mol. The molecule has 0 radical (unpaired) electrons. The summed E-state index contributed by atoms with van der Waals surface area (Å²) in [6.45, 7) is 0.788. The smallest absolute Gasteiger partial charge is 0.140 e. The molecule has 0 spiro atoms. The Morgan fingerprint density at radius 2 is 2.22 bits per heavy atom. The summed E-state index contributed by atoms with van der Waals surface area (Å²) in [6.07, 6.45) is 5.28. The van der Waals surface area contributed by atoms with E-state index in [2.05, 4.69) is 32.0 Å². The van der Waals surface area contributed by atoms with Crippen LogP contribution in [0.1, 0.15) is 5.56 Å². The molecule has 0 atom stereocenters. The van der Waals surface area contributed by atoms with Gasteiger partial charge in [-0.05, 0) is 23.1 Å². The van der Waals surface area contributed by atoms with Crippen LogP contribution in [-0.2, 0) is 6.54 Å². The Bertz CT molecular complexity index is 650. The van der Waals surface area contributed by atoms with E-state index >= 15 is 0 Å². The average molecular weight is 256 g/mol. The van der Waals surface area contributed by atoms with Crippen molar-refractivity contribution in [3.05, 3.63) is 47.9 Å². The summed E-state index contributed by atoms with van der Waals surface area (Å²) in [4.78, 5) is 15.9. The highest BCUT2D eigenvalue weighted by atomic mass is 32.1. The average Bonchev–Trinajstić information content (AvgIpc) is 2.87. The van der Waals surface area contributed by atoms with Crippen molar-refractivity contribution in [2.75, 3.05) is 11.9 Å². The fraction of sp³-hybridized carbons (Fsp3) is 0.154. The van der Waals surface area contributed by atoms with Gasteiger partial charge in [-0.2, -0.15) is 0 Å². The SMILES string of the molecule is CN(Cc1cccnc1)c1ncnc2sccc12. The zero-order valence-electron chi connectivity index (χ0n) is 9.95. The van der Waals surface area contributed by atoms with E-state index in [4.69, 9.17) is 0 Å². The number of anilines is 1. The molecule has 5 heteroatoms. The van der Waals surface area contributed by atoms with Crippen molar-refractivity contribution in [2.45, 2.75) is 6.54 Å². The summed E-state index contributed by atoms with van der Waals surface area (Å²) in [5.41, 5.74) is 1.17. The van der Waals surface area contributed by atoms with Crippen LogP contribution < -0.4 is 4.90 Å². The first-order valence-corrected chi connectivity index (χ1v) is 6.51. The van der Waals surface area contributed by atoms with Gasteiger partial charge in [0.15, 0.2) is 0 Å². The van der Waals surface area contributed by atoms with Crippen LogP contribution in [0.25, 0.3) is 10.2 Å². The molecule has 0 saturated heterocycles. The number of hydrogen-bond donors (Lipinski definition) is 0. The standard InChI is InChI=1S/C13H12N4S/c1-17(8-10-3-2-5-14-7-10)12-11-4-6-18-13(11)16-9-15-12/h2-7,9H,8H2,1H3. The highest BCUT2D eigenvalue weighted by Gasteiger charge is 2.09. The number of fused-ring (bicyclic) bond motifs is 1. The van der Waals surface area contributed by atoms with E-state index in [-0.39, 0.29) is 0 Å². The van der Waals surface area contributed by atoms with Crippen molar-refractivity contribution in [1.29, 1.82) is 0 Å². The molecule has 0 amide bonds. The molecule has 3 aromatic rings. The minimum atomic E-state index is 0.788. The molecule has 3 aromatic heterocycles.